The van der Waals surface area contributed by atoms with E-state index in [1.165, 1.54) is 6.07 Å². The summed E-state index contributed by atoms with van der Waals surface area (Å²) >= 11 is 18.0. The number of nitrogens with one attached hydrogen (secondary N) is 1. The van der Waals surface area contributed by atoms with E-state index in [4.69, 9.17) is 34.8 Å². The summed E-state index contributed by atoms with van der Waals surface area (Å²) in [6, 6.07) is 10.4. The van der Waals surface area contributed by atoms with E-state index >= 15 is 0 Å². The van der Waals surface area contributed by atoms with E-state index in [0.717, 1.165) is 11.3 Å². The predicted octanol–water partition coefficient (Wildman–Crippen LogP) is 5.53. The van der Waals surface area contributed by atoms with Crippen molar-refractivity contribution in [1.82, 2.24) is 0 Å². The van der Waals surface area contributed by atoms with E-state index in [1.54, 1.807) is 18.2 Å². The topological polar surface area (TPSA) is 32.3 Å². The average molecular weight is 317 g/mol. The third-order valence-electron chi connectivity index (χ3n) is 2.78. The van der Waals surface area contributed by atoms with Gasteiger partial charge < -0.3 is 10.4 Å². The maximum Gasteiger partial charge on any atom is 0.134 e. The second-order valence-electron chi connectivity index (χ2n) is 4.18. The standard InChI is InChI=1S/C14H12Cl3NO/c1-8(10-3-2-4-11(15)14(10)17)18-9-5-6-13(19)12(16)7-9/h2-8,18-19H,1H3. The zero-order valence-corrected chi connectivity index (χ0v) is 12.4. The first-order chi connectivity index (χ1) is 8.99. The smallest absolute Gasteiger partial charge is 0.134 e. The van der Waals surface area contributed by atoms with Gasteiger partial charge in [-0.25, -0.2) is 0 Å². The Morgan fingerprint density at radius 2 is 1.79 bits per heavy atom. The molecule has 2 N–H and O–H groups in total. The molecular weight excluding hydrogens is 305 g/mol. The molecule has 2 aromatic rings. The first-order valence-electron chi connectivity index (χ1n) is 5.68. The van der Waals surface area contributed by atoms with E-state index in [1.807, 2.05) is 19.1 Å². The van der Waals surface area contributed by atoms with E-state index in [-0.39, 0.29) is 11.8 Å². The fraction of sp³-hybridized carbons (Fsp3) is 0.143. The number of phenolic OH excluding ortho intramolecular Hbond substituents is 1. The number of aromatic hydroxyl groups is 1. The molecule has 1 unspecified atom stereocenters. The first kappa shape index (κ1) is 14.3. The monoisotopic (exact) mass is 315 g/mol. The Labute approximate surface area is 126 Å². The number of halogens is 3. The van der Waals surface area contributed by atoms with Crippen LogP contribution >= 0.6 is 34.8 Å². The van der Waals surface area contributed by atoms with Crippen molar-refractivity contribution in [3.8, 4) is 5.75 Å². The molecule has 19 heavy (non-hydrogen) atoms. The van der Waals surface area contributed by atoms with Gasteiger partial charge in [0.15, 0.2) is 0 Å². The largest absolute Gasteiger partial charge is 0.506 e. The SMILES string of the molecule is CC(Nc1ccc(O)c(Cl)c1)c1cccc(Cl)c1Cl. The Kier molecular flexibility index (Phi) is 4.46. The molecule has 100 valence electrons. The Hall–Kier alpha value is -1.09. The third kappa shape index (κ3) is 3.27. The van der Waals surface area contributed by atoms with Crippen molar-refractivity contribution in [3.63, 3.8) is 0 Å². The van der Waals surface area contributed by atoms with Crippen molar-refractivity contribution in [2.24, 2.45) is 0 Å². The highest BCUT2D eigenvalue weighted by molar-refractivity contribution is 6.42. The van der Waals surface area contributed by atoms with Crippen LogP contribution in [-0.4, -0.2) is 5.11 Å². The molecule has 2 aromatic carbocycles. The molecule has 0 spiro atoms. The Bertz CT molecular complexity index is 601. The quantitative estimate of drug-likeness (QED) is 0.730. The number of rotatable bonds is 3. The summed E-state index contributed by atoms with van der Waals surface area (Å²) in [5.41, 5.74) is 1.70. The van der Waals surface area contributed by atoms with E-state index in [9.17, 15) is 5.11 Å². The van der Waals surface area contributed by atoms with Crippen molar-refractivity contribution >= 4 is 40.5 Å². The van der Waals surface area contributed by atoms with Crippen LogP contribution in [0.4, 0.5) is 5.69 Å². The molecule has 0 fully saturated rings. The number of hydrogen-bond acceptors (Lipinski definition) is 2. The van der Waals surface area contributed by atoms with Gasteiger partial charge in [0.2, 0.25) is 0 Å². The lowest BCUT2D eigenvalue weighted by atomic mass is 10.1. The summed E-state index contributed by atoms with van der Waals surface area (Å²) in [6.45, 7) is 1.97. The van der Waals surface area contributed by atoms with Crippen LogP contribution in [0, 0.1) is 0 Å². The maximum absolute atomic E-state index is 9.38. The molecule has 1 atom stereocenters. The molecule has 0 aliphatic rings. The molecule has 0 radical (unpaired) electrons. The maximum atomic E-state index is 9.38. The van der Waals surface area contributed by atoms with Crippen LogP contribution in [0.25, 0.3) is 0 Å². The highest BCUT2D eigenvalue weighted by atomic mass is 35.5. The van der Waals surface area contributed by atoms with Crippen molar-refractivity contribution in [1.29, 1.82) is 0 Å². The lowest BCUT2D eigenvalue weighted by Gasteiger charge is -2.18. The molecule has 0 aromatic heterocycles. The number of hydrogen-bond donors (Lipinski definition) is 2. The summed E-state index contributed by atoms with van der Waals surface area (Å²) < 4.78 is 0. The Morgan fingerprint density at radius 3 is 2.47 bits per heavy atom. The highest BCUT2D eigenvalue weighted by Gasteiger charge is 2.12. The number of benzene rings is 2. The molecule has 0 amide bonds. The van der Waals surface area contributed by atoms with E-state index < -0.39 is 0 Å². The zero-order valence-electron chi connectivity index (χ0n) is 10.1. The molecule has 0 saturated heterocycles. The molecule has 5 heteroatoms. The molecule has 0 saturated carbocycles. The van der Waals surface area contributed by atoms with Gasteiger partial charge in [0.25, 0.3) is 0 Å². The predicted molar refractivity (Wildman–Crippen MR) is 81.6 cm³/mol. The van der Waals surface area contributed by atoms with Crippen LogP contribution < -0.4 is 5.32 Å². The lowest BCUT2D eigenvalue weighted by Crippen LogP contribution is -2.07. The minimum absolute atomic E-state index is 0.0354. The van der Waals surface area contributed by atoms with Gasteiger partial charge >= 0.3 is 0 Å². The van der Waals surface area contributed by atoms with Gasteiger partial charge in [-0.3, -0.25) is 0 Å². The summed E-state index contributed by atoms with van der Waals surface area (Å²) in [5.74, 6) is 0.0562. The van der Waals surface area contributed by atoms with Crippen LogP contribution in [0.5, 0.6) is 5.75 Å². The van der Waals surface area contributed by atoms with Crippen molar-refractivity contribution in [3.05, 3.63) is 57.0 Å². The van der Waals surface area contributed by atoms with Gasteiger partial charge in [-0.05, 0) is 36.8 Å². The van der Waals surface area contributed by atoms with E-state index in [2.05, 4.69) is 5.32 Å². The second kappa shape index (κ2) is 5.91. The minimum Gasteiger partial charge on any atom is -0.506 e. The number of anilines is 1. The van der Waals surface area contributed by atoms with E-state index in [0.29, 0.717) is 15.1 Å². The molecule has 0 heterocycles. The lowest BCUT2D eigenvalue weighted by molar-refractivity contribution is 0.475. The highest BCUT2D eigenvalue weighted by Crippen LogP contribution is 2.33. The van der Waals surface area contributed by atoms with Crippen LogP contribution in [-0.2, 0) is 0 Å². The molecule has 2 rings (SSSR count). The summed E-state index contributed by atoms with van der Waals surface area (Å²) in [4.78, 5) is 0. The van der Waals surface area contributed by atoms with Crippen LogP contribution in [0.3, 0.4) is 0 Å². The number of phenols is 1. The molecule has 0 aliphatic heterocycles. The molecule has 0 bridgehead atoms. The fourth-order valence-corrected chi connectivity index (χ4v) is 2.43. The van der Waals surface area contributed by atoms with Crippen molar-refractivity contribution < 1.29 is 5.11 Å². The third-order valence-corrected chi connectivity index (χ3v) is 3.92. The van der Waals surface area contributed by atoms with Gasteiger partial charge in [-0.1, -0.05) is 46.9 Å². The minimum atomic E-state index is -0.0354. The molecular formula is C14H12Cl3NO. The van der Waals surface area contributed by atoms with Gasteiger partial charge in [0.1, 0.15) is 5.75 Å². The Balaban J connectivity index is 2.23. The normalized spacial score (nSPS) is 12.2. The van der Waals surface area contributed by atoms with Crippen LogP contribution in [0.1, 0.15) is 18.5 Å². The van der Waals surface area contributed by atoms with Crippen LogP contribution in [0.2, 0.25) is 15.1 Å². The summed E-state index contributed by atoms with van der Waals surface area (Å²) in [7, 11) is 0. The summed E-state index contributed by atoms with van der Waals surface area (Å²) in [6.07, 6.45) is 0. The first-order valence-corrected chi connectivity index (χ1v) is 6.81. The van der Waals surface area contributed by atoms with Crippen LogP contribution in [0.15, 0.2) is 36.4 Å². The van der Waals surface area contributed by atoms with Gasteiger partial charge in [0.05, 0.1) is 21.1 Å². The molecule has 2 nitrogen and oxygen atoms in total. The van der Waals surface area contributed by atoms with Gasteiger partial charge in [-0.15, -0.1) is 0 Å². The molecule has 0 aliphatic carbocycles. The zero-order chi connectivity index (χ0) is 14.0. The van der Waals surface area contributed by atoms with Gasteiger partial charge in [0, 0.05) is 5.69 Å². The van der Waals surface area contributed by atoms with Crippen molar-refractivity contribution in [2.45, 2.75) is 13.0 Å². The van der Waals surface area contributed by atoms with Gasteiger partial charge in [-0.2, -0.15) is 0 Å². The Morgan fingerprint density at radius 1 is 1.05 bits per heavy atom. The second-order valence-corrected chi connectivity index (χ2v) is 5.37. The summed E-state index contributed by atoms with van der Waals surface area (Å²) in [5, 5.41) is 14.0. The fourth-order valence-electron chi connectivity index (χ4n) is 1.78. The van der Waals surface area contributed by atoms with Crippen molar-refractivity contribution in [2.75, 3.05) is 5.32 Å². The average Bonchev–Trinajstić information content (AvgIpc) is 2.37.